The van der Waals surface area contributed by atoms with Crippen LogP contribution in [0.4, 0.5) is 11.4 Å². The van der Waals surface area contributed by atoms with Gasteiger partial charge < -0.3 is 10.6 Å². The number of rotatable bonds is 5. The van der Waals surface area contributed by atoms with Gasteiger partial charge in [-0.3, -0.25) is 19.9 Å². The number of aromatic nitrogens is 1. The molecule has 7 nitrogen and oxygen atoms in total. The summed E-state index contributed by atoms with van der Waals surface area (Å²) in [6, 6.07) is 4.16. The quantitative estimate of drug-likeness (QED) is 0.648. The average Bonchev–Trinajstić information content (AvgIpc) is 2.47. The number of benzene rings is 1. The molecule has 0 fully saturated rings. The molecular weight excluding hydrogens is 272 g/mol. The zero-order valence-electron chi connectivity index (χ0n) is 11.8. The summed E-state index contributed by atoms with van der Waals surface area (Å²) in [5.74, 6) is -0.132. The van der Waals surface area contributed by atoms with E-state index in [-0.39, 0.29) is 11.6 Å². The highest BCUT2D eigenvalue weighted by molar-refractivity contribution is 6.00. The van der Waals surface area contributed by atoms with Gasteiger partial charge in [0, 0.05) is 36.1 Å². The second kappa shape index (κ2) is 6.17. The molecule has 1 aromatic heterocycles. The Morgan fingerprint density at radius 2 is 2.14 bits per heavy atom. The number of anilines is 1. The van der Waals surface area contributed by atoms with Gasteiger partial charge in [-0.2, -0.15) is 0 Å². The minimum absolute atomic E-state index is 0.0172. The summed E-state index contributed by atoms with van der Waals surface area (Å²) in [5.41, 5.74) is 0.658. The Morgan fingerprint density at radius 3 is 2.81 bits per heavy atom. The molecule has 2 aromatic rings. The van der Waals surface area contributed by atoms with Crippen molar-refractivity contribution >= 4 is 28.1 Å². The number of amides is 1. The minimum Gasteiger partial charge on any atom is -0.373 e. The largest absolute Gasteiger partial charge is 0.373 e. The molecule has 0 aliphatic carbocycles. The number of nitrogens with zero attached hydrogens (tertiary/aromatic N) is 2. The average molecular weight is 288 g/mol. The molecule has 1 heterocycles. The fraction of sp³-hybridized carbons (Fsp3) is 0.286. The van der Waals surface area contributed by atoms with E-state index >= 15 is 0 Å². The summed E-state index contributed by atoms with van der Waals surface area (Å²) in [7, 11) is 0. The molecule has 7 heteroatoms. The van der Waals surface area contributed by atoms with Gasteiger partial charge in [-0.25, -0.2) is 0 Å². The number of fused-ring (bicyclic) bond motifs is 1. The van der Waals surface area contributed by atoms with Gasteiger partial charge in [0.15, 0.2) is 0 Å². The van der Waals surface area contributed by atoms with Gasteiger partial charge in [0.1, 0.15) is 6.04 Å². The molecule has 1 atom stereocenters. The first kappa shape index (κ1) is 14.7. The maximum Gasteiger partial charge on any atom is 0.277 e. The van der Waals surface area contributed by atoms with E-state index in [0.29, 0.717) is 23.0 Å². The number of hydrogen-bond donors (Lipinski definition) is 2. The predicted octanol–water partition coefficient (Wildman–Crippen LogP) is 2.08. The summed E-state index contributed by atoms with van der Waals surface area (Å²) >= 11 is 0. The third-order valence-corrected chi connectivity index (χ3v) is 3.11. The molecule has 0 bridgehead atoms. The Hall–Kier alpha value is -2.70. The van der Waals surface area contributed by atoms with Crippen molar-refractivity contribution < 1.29 is 9.72 Å². The Labute approximate surface area is 121 Å². The molecule has 110 valence electrons. The van der Waals surface area contributed by atoms with E-state index in [4.69, 9.17) is 0 Å². The summed E-state index contributed by atoms with van der Waals surface area (Å²) in [6.45, 7) is 4.12. The van der Waals surface area contributed by atoms with Crippen LogP contribution in [-0.4, -0.2) is 28.4 Å². The molecule has 0 aliphatic rings. The van der Waals surface area contributed by atoms with Crippen LogP contribution in [0.5, 0.6) is 0 Å². The first-order chi connectivity index (χ1) is 10.0. The highest BCUT2D eigenvalue weighted by Crippen LogP contribution is 2.30. The molecule has 0 spiro atoms. The van der Waals surface area contributed by atoms with Crippen LogP contribution in [0.25, 0.3) is 10.8 Å². The minimum atomic E-state index is -0.449. The Bertz CT molecular complexity index is 687. The third kappa shape index (κ3) is 3.07. The molecule has 0 radical (unpaired) electrons. The van der Waals surface area contributed by atoms with Gasteiger partial charge in [-0.05, 0) is 26.0 Å². The molecule has 0 aliphatic heterocycles. The Morgan fingerprint density at radius 1 is 1.38 bits per heavy atom. The molecule has 1 aromatic carbocycles. The second-order valence-corrected chi connectivity index (χ2v) is 4.57. The maximum absolute atomic E-state index is 11.8. The van der Waals surface area contributed by atoms with Gasteiger partial charge in [0.2, 0.25) is 5.91 Å². The lowest BCUT2D eigenvalue weighted by Crippen LogP contribution is -2.37. The zero-order valence-corrected chi connectivity index (χ0v) is 11.8. The van der Waals surface area contributed by atoms with E-state index in [1.54, 1.807) is 25.3 Å². The number of pyridine rings is 1. The highest BCUT2D eigenvalue weighted by atomic mass is 16.6. The monoisotopic (exact) mass is 288 g/mol. The van der Waals surface area contributed by atoms with Gasteiger partial charge in [-0.1, -0.05) is 0 Å². The van der Waals surface area contributed by atoms with Crippen LogP contribution in [0.2, 0.25) is 0 Å². The number of carbonyl (C=O) groups excluding carboxylic acids is 1. The van der Waals surface area contributed by atoms with Crippen LogP contribution in [0.15, 0.2) is 30.6 Å². The summed E-state index contributed by atoms with van der Waals surface area (Å²) in [5, 5.41) is 17.9. The molecule has 1 unspecified atom stereocenters. The molecular formula is C14H16N4O3. The smallest absolute Gasteiger partial charge is 0.277 e. The van der Waals surface area contributed by atoms with Crippen molar-refractivity contribution in [1.29, 1.82) is 0 Å². The number of carbonyl (C=O) groups is 1. The number of likely N-dealkylation sites (N-methyl/N-ethyl adjacent to an activating group) is 1. The van der Waals surface area contributed by atoms with Gasteiger partial charge in [-0.15, -0.1) is 0 Å². The van der Waals surface area contributed by atoms with Crippen LogP contribution in [0.1, 0.15) is 13.8 Å². The van der Waals surface area contributed by atoms with Crippen molar-refractivity contribution in [3.05, 3.63) is 40.7 Å². The van der Waals surface area contributed by atoms with E-state index in [1.807, 2.05) is 6.92 Å². The Kier molecular flexibility index (Phi) is 4.32. The lowest BCUT2D eigenvalue weighted by molar-refractivity contribution is -0.383. The van der Waals surface area contributed by atoms with Crippen molar-refractivity contribution in [1.82, 2.24) is 10.3 Å². The Balaban J connectivity index is 2.40. The maximum atomic E-state index is 11.8. The number of non-ortho nitro benzene ring substituents is 1. The van der Waals surface area contributed by atoms with Crippen LogP contribution in [0, 0.1) is 10.1 Å². The predicted molar refractivity (Wildman–Crippen MR) is 80.2 cm³/mol. The van der Waals surface area contributed by atoms with Crippen LogP contribution in [0.3, 0.4) is 0 Å². The highest BCUT2D eigenvalue weighted by Gasteiger charge is 2.17. The first-order valence-corrected chi connectivity index (χ1v) is 6.60. The number of nitro benzene ring substituents is 1. The molecule has 2 N–H and O–H groups in total. The van der Waals surface area contributed by atoms with Crippen molar-refractivity contribution in [2.24, 2.45) is 0 Å². The molecule has 0 saturated carbocycles. The fourth-order valence-corrected chi connectivity index (χ4v) is 2.09. The summed E-state index contributed by atoms with van der Waals surface area (Å²) < 4.78 is 0. The summed E-state index contributed by atoms with van der Waals surface area (Å²) in [6.07, 6.45) is 3.06. The van der Waals surface area contributed by atoms with Crippen molar-refractivity contribution in [3.63, 3.8) is 0 Å². The SMILES string of the molecule is CCNC(=O)C(C)Nc1ccc([N+](=O)[O-])c2ccncc12. The van der Waals surface area contributed by atoms with Crippen molar-refractivity contribution in [3.8, 4) is 0 Å². The van der Waals surface area contributed by atoms with E-state index in [9.17, 15) is 14.9 Å². The van der Waals surface area contributed by atoms with Gasteiger partial charge in [0.05, 0.1) is 10.3 Å². The fourth-order valence-electron chi connectivity index (χ4n) is 2.09. The van der Waals surface area contributed by atoms with Crippen molar-refractivity contribution in [2.45, 2.75) is 19.9 Å². The molecule has 21 heavy (non-hydrogen) atoms. The molecule has 1 amide bonds. The van der Waals surface area contributed by atoms with E-state index in [2.05, 4.69) is 15.6 Å². The van der Waals surface area contributed by atoms with Gasteiger partial charge >= 0.3 is 0 Å². The second-order valence-electron chi connectivity index (χ2n) is 4.57. The first-order valence-electron chi connectivity index (χ1n) is 6.60. The van der Waals surface area contributed by atoms with E-state index < -0.39 is 11.0 Å². The standard InChI is InChI=1S/C14H16N4O3/c1-3-16-14(19)9(2)17-12-4-5-13(18(20)21)10-6-7-15-8-11(10)12/h4-9,17H,3H2,1-2H3,(H,16,19). The lowest BCUT2D eigenvalue weighted by Gasteiger charge is -2.16. The third-order valence-electron chi connectivity index (χ3n) is 3.11. The zero-order chi connectivity index (χ0) is 15.4. The van der Waals surface area contributed by atoms with Gasteiger partial charge in [0.25, 0.3) is 5.69 Å². The van der Waals surface area contributed by atoms with E-state index in [1.165, 1.54) is 12.3 Å². The van der Waals surface area contributed by atoms with Crippen LogP contribution < -0.4 is 10.6 Å². The molecule has 0 saturated heterocycles. The molecule has 2 rings (SSSR count). The summed E-state index contributed by atoms with van der Waals surface area (Å²) in [4.78, 5) is 26.4. The van der Waals surface area contributed by atoms with Crippen molar-refractivity contribution in [2.75, 3.05) is 11.9 Å². The van der Waals surface area contributed by atoms with Crippen LogP contribution >= 0.6 is 0 Å². The topological polar surface area (TPSA) is 97.2 Å². The lowest BCUT2D eigenvalue weighted by atomic mass is 10.1. The number of nitro groups is 1. The van der Waals surface area contributed by atoms with Crippen LogP contribution in [-0.2, 0) is 4.79 Å². The number of hydrogen-bond acceptors (Lipinski definition) is 5. The van der Waals surface area contributed by atoms with E-state index in [0.717, 1.165) is 0 Å². The number of nitrogens with one attached hydrogen (secondary N) is 2. The normalized spacial score (nSPS) is 11.9.